The number of likely N-dealkylation sites (tertiary alicyclic amines) is 1. The van der Waals surface area contributed by atoms with Crippen molar-refractivity contribution in [3.8, 4) is 0 Å². The van der Waals surface area contributed by atoms with Gasteiger partial charge in [-0.3, -0.25) is 9.79 Å². The summed E-state index contributed by atoms with van der Waals surface area (Å²) in [5.74, 6) is 1.93. The molecule has 6 heteroatoms. The molecule has 3 heterocycles. The van der Waals surface area contributed by atoms with Crippen LogP contribution in [-0.2, 0) is 11.3 Å². The molecule has 1 amide bonds. The van der Waals surface area contributed by atoms with Crippen LogP contribution < -0.4 is 10.6 Å². The fourth-order valence-corrected chi connectivity index (χ4v) is 4.03. The number of aliphatic imine (C=N–C) groups is 1. The van der Waals surface area contributed by atoms with Gasteiger partial charge in [0.15, 0.2) is 5.82 Å². The van der Waals surface area contributed by atoms with E-state index in [1.807, 2.05) is 56.0 Å². The Kier molecular flexibility index (Phi) is 5.03. The zero-order valence-electron chi connectivity index (χ0n) is 17.4. The minimum atomic E-state index is -0.358. The Morgan fingerprint density at radius 1 is 1.14 bits per heavy atom. The van der Waals surface area contributed by atoms with E-state index in [-0.39, 0.29) is 16.9 Å². The van der Waals surface area contributed by atoms with Gasteiger partial charge in [0.2, 0.25) is 5.91 Å². The lowest BCUT2D eigenvalue weighted by atomic mass is 9.83. The van der Waals surface area contributed by atoms with E-state index in [0.717, 1.165) is 30.2 Å². The molecule has 2 aliphatic rings. The smallest absolute Gasteiger partial charge is 0.227 e. The summed E-state index contributed by atoms with van der Waals surface area (Å²) in [6.45, 7) is 7.98. The van der Waals surface area contributed by atoms with Crippen LogP contribution in [0.25, 0.3) is 0 Å². The van der Waals surface area contributed by atoms with Gasteiger partial charge < -0.3 is 15.5 Å². The summed E-state index contributed by atoms with van der Waals surface area (Å²) in [6, 6.07) is 14.2. The maximum Gasteiger partial charge on any atom is 0.227 e. The molecule has 2 aromatic rings. The highest BCUT2D eigenvalue weighted by Gasteiger charge is 2.44. The molecule has 0 unspecified atom stereocenters. The number of carbonyl (C=O) groups excluding carboxylic acids is 1. The lowest BCUT2D eigenvalue weighted by Gasteiger charge is -2.47. The number of fused-ring (bicyclic) bond motifs is 1. The van der Waals surface area contributed by atoms with E-state index in [1.165, 1.54) is 5.56 Å². The maximum absolute atomic E-state index is 12.7. The Bertz CT molecular complexity index is 908. The Hall–Kier alpha value is -2.89. The van der Waals surface area contributed by atoms with Crippen molar-refractivity contribution in [1.29, 1.82) is 0 Å². The molecule has 0 radical (unpaired) electrons. The van der Waals surface area contributed by atoms with Gasteiger partial charge in [0.05, 0.1) is 17.8 Å². The van der Waals surface area contributed by atoms with E-state index < -0.39 is 0 Å². The number of piperidine rings is 1. The Labute approximate surface area is 172 Å². The van der Waals surface area contributed by atoms with Crippen LogP contribution >= 0.6 is 0 Å². The van der Waals surface area contributed by atoms with Crippen LogP contribution in [0.15, 0.2) is 53.7 Å². The Morgan fingerprint density at radius 3 is 2.55 bits per heavy atom. The number of hydrogen-bond donors (Lipinski definition) is 2. The van der Waals surface area contributed by atoms with Crippen molar-refractivity contribution in [2.45, 2.75) is 45.7 Å². The fourth-order valence-electron chi connectivity index (χ4n) is 4.03. The topological polar surface area (TPSA) is 69.6 Å². The molecule has 1 saturated heterocycles. The van der Waals surface area contributed by atoms with Crippen LogP contribution in [0.2, 0.25) is 0 Å². The van der Waals surface area contributed by atoms with Crippen LogP contribution in [0.1, 0.15) is 39.2 Å². The molecule has 0 saturated carbocycles. The zero-order chi connectivity index (χ0) is 20.5. The molecule has 1 spiro atoms. The van der Waals surface area contributed by atoms with E-state index in [4.69, 9.17) is 4.99 Å². The Balaban J connectivity index is 1.60. The molecule has 1 aromatic carbocycles. The van der Waals surface area contributed by atoms with Gasteiger partial charge >= 0.3 is 0 Å². The summed E-state index contributed by atoms with van der Waals surface area (Å²) in [4.78, 5) is 24.1. The van der Waals surface area contributed by atoms with Gasteiger partial charge in [-0.15, -0.1) is 0 Å². The van der Waals surface area contributed by atoms with Crippen LogP contribution in [0.3, 0.4) is 0 Å². The quantitative estimate of drug-likeness (QED) is 0.814. The third-order valence-electron chi connectivity index (χ3n) is 5.68. The SMILES string of the molecule is CC(C)(C)C(=O)N1CCC2(CC1)Nc1cccnc1NC2=NCc1ccccc1. The molecule has 152 valence electrons. The third kappa shape index (κ3) is 3.97. The van der Waals surface area contributed by atoms with Gasteiger partial charge in [0.1, 0.15) is 5.84 Å². The average molecular weight is 392 g/mol. The van der Waals surface area contributed by atoms with Crippen molar-refractivity contribution < 1.29 is 4.79 Å². The first-order chi connectivity index (χ1) is 13.9. The lowest BCUT2D eigenvalue weighted by Crippen LogP contribution is -2.60. The molecular formula is C23H29N5O. The second-order valence-electron chi connectivity index (χ2n) is 8.92. The van der Waals surface area contributed by atoms with Gasteiger partial charge in [-0.25, -0.2) is 4.98 Å². The molecule has 4 rings (SSSR count). The second-order valence-corrected chi connectivity index (χ2v) is 8.92. The number of amidine groups is 1. The minimum absolute atomic E-state index is 0.209. The number of rotatable bonds is 2. The van der Waals surface area contributed by atoms with E-state index in [9.17, 15) is 4.79 Å². The van der Waals surface area contributed by atoms with E-state index >= 15 is 0 Å². The largest absolute Gasteiger partial charge is 0.370 e. The van der Waals surface area contributed by atoms with Crippen molar-refractivity contribution in [3.63, 3.8) is 0 Å². The molecule has 0 aliphatic carbocycles. The van der Waals surface area contributed by atoms with Gasteiger partial charge in [-0.1, -0.05) is 51.1 Å². The van der Waals surface area contributed by atoms with Crippen molar-refractivity contribution in [3.05, 3.63) is 54.2 Å². The molecular weight excluding hydrogens is 362 g/mol. The molecule has 2 N–H and O–H groups in total. The molecule has 2 aliphatic heterocycles. The summed E-state index contributed by atoms with van der Waals surface area (Å²) in [7, 11) is 0. The van der Waals surface area contributed by atoms with Crippen LogP contribution in [0.4, 0.5) is 11.5 Å². The van der Waals surface area contributed by atoms with Crippen LogP contribution in [0, 0.1) is 5.41 Å². The normalized spacial score (nSPS) is 19.4. The fraction of sp³-hybridized carbons (Fsp3) is 0.435. The first-order valence-electron chi connectivity index (χ1n) is 10.3. The van der Waals surface area contributed by atoms with Gasteiger partial charge in [-0.05, 0) is 30.5 Å². The Morgan fingerprint density at radius 2 is 1.86 bits per heavy atom. The first kappa shape index (κ1) is 19.4. The number of carbonyl (C=O) groups is 1. The number of pyridine rings is 1. The summed E-state index contributed by atoms with van der Waals surface area (Å²) in [5, 5.41) is 7.18. The van der Waals surface area contributed by atoms with Crippen LogP contribution in [-0.4, -0.2) is 40.3 Å². The lowest BCUT2D eigenvalue weighted by molar-refractivity contribution is -0.140. The average Bonchev–Trinajstić information content (AvgIpc) is 2.72. The highest BCUT2D eigenvalue weighted by Crippen LogP contribution is 2.36. The van der Waals surface area contributed by atoms with Gasteiger partial charge in [0, 0.05) is 24.7 Å². The number of nitrogens with one attached hydrogen (secondary N) is 2. The molecule has 1 aromatic heterocycles. The third-order valence-corrected chi connectivity index (χ3v) is 5.68. The monoisotopic (exact) mass is 391 g/mol. The first-order valence-corrected chi connectivity index (χ1v) is 10.3. The number of amides is 1. The number of anilines is 2. The highest BCUT2D eigenvalue weighted by molar-refractivity contribution is 6.08. The van der Waals surface area contributed by atoms with Crippen LogP contribution in [0.5, 0.6) is 0 Å². The number of nitrogens with zero attached hydrogens (tertiary/aromatic N) is 3. The zero-order valence-corrected chi connectivity index (χ0v) is 17.4. The van der Waals surface area contributed by atoms with E-state index in [1.54, 1.807) is 6.20 Å². The summed E-state index contributed by atoms with van der Waals surface area (Å²) in [6.07, 6.45) is 3.40. The predicted octanol–water partition coefficient (Wildman–Crippen LogP) is 3.93. The second kappa shape index (κ2) is 7.50. The molecule has 0 bridgehead atoms. The van der Waals surface area contributed by atoms with Crippen molar-refractivity contribution in [2.75, 3.05) is 23.7 Å². The number of hydrogen-bond acceptors (Lipinski definition) is 4. The van der Waals surface area contributed by atoms with Crippen molar-refractivity contribution in [1.82, 2.24) is 9.88 Å². The standard InChI is InChI=1S/C23H29N5O/c1-22(2,3)21(29)28-14-11-23(12-15-28)20(25-16-17-8-5-4-6-9-17)26-19-18(27-23)10-7-13-24-19/h4-10,13,27H,11-12,14-16H2,1-3H3,(H,24,25,26). The highest BCUT2D eigenvalue weighted by atomic mass is 16.2. The summed E-state index contributed by atoms with van der Waals surface area (Å²) in [5.41, 5.74) is 1.49. The predicted molar refractivity (Wildman–Crippen MR) is 117 cm³/mol. The molecule has 29 heavy (non-hydrogen) atoms. The molecule has 6 nitrogen and oxygen atoms in total. The van der Waals surface area contributed by atoms with Crippen molar-refractivity contribution >= 4 is 23.2 Å². The number of benzene rings is 1. The maximum atomic E-state index is 12.7. The van der Waals surface area contributed by atoms with Crippen molar-refractivity contribution in [2.24, 2.45) is 10.4 Å². The van der Waals surface area contributed by atoms with E-state index in [0.29, 0.717) is 19.6 Å². The van der Waals surface area contributed by atoms with E-state index in [2.05, 4.69) is 27.8 Å². The van der Waals surface area contributed by atoms with Gasteiger partial charge in [0.25, 0.3) is 0 Å². The van der Waals surface area contributed by atoms with Gasteiger partial charge in [-0.2, -0.15) is 0 Å². The molecule has 1 fully saturated rings. The summed E-state index contributed by atoms with van der Waals surface area (Å²) < 4.78 is 0. The number of aromatic nitrogens is 1. The molecule has 0 atom stereocenters. The summed E-state index contributed by atoms with van der Waals surface area (Å²) >= 11 is 0. The minimum Gasteiger partial charge on any atom is -0.370 e.